The fourth-order valence-corrected chi connectivity index (χ4v) is 5.23. The molecule has 2 aromatic rings. The number of nitrogens with zero attached hydrogens (tertiary/aromatic N) is 2. The van der Waals surface area contributed by atoms with Crippen LogP contribution in [0.15, 0.2) is 59.7 Å². The van der Waals surface area contributed by atoms with E-state index < -0.39 is 0 Å². The second-order valence-corrected chi connectivity index (χ2v) is 9.69. The fourth-order valence-electron chi connectivity index (χ4n) is 5.23. The SMILES string of the molecule is CC#CCCc1ccccc1C1=C(CCCC)C(CCCCC)=C(c2ccccc2CCC#CC)[N+]1=[N-].[Ni]. The van der Waals surface area contributed by atoms with Crippen LogP contribution >= 0.6 is 0 Å². The van der Waals surface area contributed by atoms with Gasteiger partial charge in [-0.3, -0.25) is 0 Å². The zero-order valence-corrected chi connectivity index (χ0v) is 24.6. The van der Waals surface area contributed by atoms with Crippen molar-refractivity contribution in [2.45, 2.75) is 98.3 Å². The Kier molecular flexibility index (Phi) is 13.9. The summed E-state index contributed by atoms with van der Waals surface area (Å²) in [6.45, 7) is 8.29. The average Bonchev–Trinajstić information content (AvgIpc) is 3.19. The average molecular weight is 549 g/mol. The van der Waals surface area contributed by atoms with Crippen molar-refractivity contribution in [1.82, 2.24) is 0 Å². The van der Waals surface area contributed by atoms with Crippen LogP contribution < -0.4 is 0 Å². The van der Waals surface area contributed by atoms with Gasteiger partial charge in [0.25, 0.3) is 0 Å². The molecule has 0 unspecified atom stereocenters. The Balaban J connectivity index is 0.00000507. The van der Waals surface area contributed by atoms with Crippen molar-refractivity contribution in [3.05, 3.63) is 87.5 Å². The Morgan fingerprint density at radius 1 is 0.632 bits per heavy atom. The molecule has 3 heteroatoms. The van der Waals surface area contributed by atoms with E-state index in [-0.39, 0.29) is 16.5 Å². The predicted octanol–water partition coefficient (Wildman–Crippen LogP) is 9.54. The van der Waals surface area contributed by atoms with Crippen LogP contribution in [-0.2, 0) is 29.3 Å². The Morgan fingerprint density at radius 2 is 1.08 bits per heavy atom. The van der Waals surface area contributed by atoms with Crippen LogP contribution in [-0.4, -0.2) is 4.70 Å². The molecule has 0 aromatic heterocycles. The van der Waals surface area contributed by atoms with Crippen LogP contribution in [0.1, 0.15) is 108 Å². The second-order valence-electron chi connectivity index (χ2n) is 9.69. The summed E-state index contributed by atoms with van der Waals surface area (Å²) in [6.07, 6.45) is 11.1. The molecule has 2 nitrogen and oxygen atoms in total. The smallest absolute Gasteiger partial charge is 0.211 e. The maximum Gasteiger partial charge on any atom is 0.211 e. The molecule has 1 heterocycles. The fraction of sp³-hybridized carbons (Fsp3) is 0.429. The van der Waals surface area contributed by atoms with Crippen molar-refractivity contribution in [2.75, 3.05) is 0 Å². The van der Waals surface area contributed by atoms with E-state index in [9.17, 15) is 5.53 Å². The van der Waals surface area contributed by atoms with Gasteiger partial charge >= 0.3 is 0 Å². The van der Waals surface area contributed by atoms with Crippen LogP contribution in [0, 0.1) is 23.7 Å². The van der Waals surface area contributed by atoms with Gasteiger partial charge < -0.3 is 5.53 Å². The third-order valence-corrected chi connectivity index (χ3v) is 7.11. The number of rotatable bonds is 13. The van der Waals surface area contributed by atoms with Crippen molar-refractivity contribution < 1.29 is 21.2 Å². The minimum absolute atomic E-state index is 0. The summed E-state index contributed by atoms with van der Waals surface area (Å²) in [5.41, 5.74) is 21.3. The summed E-state index contributed by atoms with van der Waals surface area (Å²) in [6, 6.07) is 17.1. The van der Waals surface area contributed by atoms with Gasteiger partial charge in [-0.2, -0.15) is 0 Å². The van der Waals surface area contributed by atoms with E-state index in [1.807, 2.05) is 13.8 Å². The molecule has 0 atom stereocenters. The van der Waals surface area contributed by atoms with Gasteiger partial charge in [-0.05, 0) is 75.6 Å². The number of hydrogen-bond donors (Lipinski definition) is 0. The monoisotopic (exact) mass is 548 g/mol. The summed E-state index contributed by atoms with van der Waals surface area (Å²) in [4.78, 5) is 0. The van der Waals surface area contributed by atoms with Gasteiger partial charge in [0, 0.05) is 51.6 Å². The van der Waals surface area contributed by atoms with E-state index in [1.165, 1.54) is 39.8 Å². The Bertz CT molecular complexity index is 1270. The minimum Gasteiger partial charge on any atom is -0.493 e. The molecule has 0 spiro atoms. The van der Waals surface area contributed by atoms with Crippen LogP contribution in [0.3, 0.4) is 0 Å². The van der Waals surface area contributed by atoms with Crippen LogP contribution in [0.2, 0.25) is 0 Å². The zero-order valence-electron chi connectivity index (χ0n) is 23.6. The second kappa shape index (κ2) is 16.9. The van der Waals surface area contributed by atoms with E-state index >= 15 is 0 Å². The van der Waals surface area contributed by atoms with Gasteiger partial charge in [-0.1, -0.05) is 69.5 Å². The molecule has 0 bridgehead atoms. The van der Waals surface area contributed by atoms with E-state index in [4.69, 9.17) is 0 Å². The molecule has 202 valence electrons. The van der Waals surface area contributed by atoms with Crippen LogP contribution in [0.4, 0.5) is 0 Å². The summed E-state index contributed by atoms with van der Waals surface area (Å²) >= 11 is 0. The normalized spacial score (nSPS) is 12.6. The van der Waals surface area contributed by atoms with Crippen molar-refractivity contribution in [3.63, 3.8) is 0 Å². The van der Waals surface area contributed by atoms with Gasteiger partial charge in [0.15, 0.2) is 0 Å². The third kappa shape index (κ3) is 7.82. The molecule has 1 aliphatic heterocycles. The molecular weight excluding hydrogens is 507 g/mol. The molecule has 0 fully saturated rings. The number of aryl methyl sites for hydroxylation is 2. The van der Waals surface area contributed by atoms with Gasteiger partial charge in [-0.25, -0.2) is 4.70 Å². The first-order valence-electron chi connectivity index (χ1n) is 14.1. The van der Waals surface area contributed by atoms with E-state index in [0.29, 0.717) is 0 Å². The van der Waals surface area contributed by atoms with Crippen molar-refractivity contribution >= 4 is 11.4 Å². The van der Waals surface area contributed by atoms with Crippen molar-refractivity contribution in [1.29, 1.82) is 0 Å². The molecule has 3 rings (SSSR count). The molecule has 0 saturated heterocycles. The Labute approximate surface area is 241 Å². The quantitative estimate of drug-likeness (QED) is 0.103. The molecule has 2 aromatic carbocycles. The molecule has 0 amide bonds. The summed E-state index contributed by atoms with van der Waals surface area (Å²) in [7, 11) is 0. The standard InChI is InChI=1S/C35H42N2.Ni/c1-5-9-13-20-28-22-16-18-25-30(28)34-32(24-12-8-4)33(27-15-11-7-3)35(37(34)36)31-26-19-17-23-29(31)21-14-10-6-2;/h16-19,22-23,25-26H,7-8,11-15,20-21,24,27H2,1-4H3;. The number of unbranched alkanes of at least 4 members (excludes halogenated alkanes) is 3. The van der Waals surface area contributed by atoms with Gasteiger partial charge in [-0.15, -0.1) is 23.7 Å². The molecule has 38 heavy (non-hydrogen) atoms. The minimum atomic E-state index is 0. The van der Waals surface area contributed by atoms with E-state index in [0.717, 1.165) is 80.3 Å². The van der Waals surface area contributed by atoms with Crippen LogP contribution in [0.5, 0.6) is 0 Å². The molecule has 0 N–H and O–H groups in total. The van der Waals surface area contributed by atoms with E-state index in [1.54, 1.807) is 0 Å². The van der Waals surface area contributed by atoms with Crippen molar-refractivity contribution in [3.8, 4) is 23.7 Å². The summed E-state index contributed by atoms with van der Waals surface area (Å²) < 4.78 is 1.53. The summed E-state index contributed by atoms with van der Waals surface area (Å²) in [5, 5.41) is 0. The molecule has 0 radical (unpaired) electrons. The first kappa shape index (κ1) is 31.4. The van der Waals surface area contributed by atoms with E-state index in [2.05, 4.69) is 86.1 Å². The zero-order chi connectivity index (χ0) is 26.5. The Morgan fingerprint density at radius 3 is 1.53 bits per heavy atom. The van der Waals surface area contributed by atoms with Gasteiger partial charge in [0.2, 0.25) is 11.4 Å². The van der Waals surface area contributed by atoms with Crippen LogP contribution in [0.25, 0.3) is 16.9 Å². The maximum atomic E-state index is 12.0. The van der Waals surface area contributed by atoms with Gasteiger partial charge in [0.1, 0.15) is 0 Å². The molecule has 0 aliphatic carbocycles. The first-order chi connectivity index (χ1) is 18.2. The first-order valence-corrected chi connectivity index (χ1v) is 14.1. The largest absolute Gasteiger partial charge is 0.493 e. The molecule has 1 aliphatic rings. The molecule has 0 saturated carbocycles. The maximum absolute atomic E-state index is 12.0. The number of benzene rings is 2. The predicted molar refractivity (Wildman–Crippen MR) is 158 cm³/mol. The Hall–Kier alpha value is -2.87. The number of hydrogen-bond acceptors (Lipinski definition) is 0. The number of allylic oxidation sites excluding steroid dienone is 2. The third-order valence-electron chi connectivity index (χ3n) is 7.11. The topological polar surface area (TPSA) is 25.3 Å². The summed E-state index contributed by atoms with van der Waals surface area (Å²) in [5.74, 6) is 12.5. The van der Waals surface area contributed by atoms with Crippen molar-refractivity contribution in [2.24, 2.45) is 0 Å². The molecular formula is C35H42N2Ni. The van der Waals surface area contributed by atoms with Gasteiger partial charge in [0.05, 0.1) is 0 Å².